The molecule has 1 heterocycles. The maximum Gasteiger partial charge on any atom is 0.306 e. The molecule has 1 aliphatic rings. The lowest BCUT2D eigenvalue weighted by atomic mass is 10.1. The highest BCUT2D eigenvalue weighted by atomic mass is 79.9. The molecular formula is C17H20BrFN2O4. The molecular weight excluding hydrogens is 395 g/mol. The molecule has 1 aliphatic heterocycles. The van der Waals surface area contributed by atoms with Gasteiger partial charge in [-0.25, -0.2) is 4.39 Å². The number of rotatable bonds is 5. The molecule has 0 aromatic heterocycles. The van der Waals surface area contributed by atoms with E-state index in [1.165, 1.54) is 17.0 Å². The fraction of sp³-hybridized carbons (Fsp3) is 0.471. The summed E-state index contributed by atoms with van der Waals surface area (Å²) in [5.41, 5.74) is 5.17. The van der Waals surface area contributed by atoms with Crippen LogP contribution in [-0.2, 0) is 20.9 Å². The SMILES string of the molecule is CC(C)(C)OC(=O)CC[C@H](C(N)=O)N1Cc2c(ccc(Br)c2F)C1=O. The van der Waals surface area contributed by atoms with E-state index in [4.69, 9.17) is 10.5 Å². The van der Waals surface area contributed by atoms with Crippen molar-refractivity contribution < 1.29 is 23.5 Å². The van der Waals surface area contributed by atoms with Gasteiger partial charge in [-0.1, -0.05) is 0 Å². The molecule has 25 heavy (non-hydrogen) atoms. The van der Waals surface area contributed by atoms with Crippen LogP contribution in [0.25, 0.3) is 0 Å². The number of hydrogen-bond donors (Lipinski definition) is 1. The van der Waals surface area contributed by atoms with Crippen LogP contribution in [0.4, 0.5) is 4.39 Å². The predicted molar refractivity (Wildman–Crippen MR) is 92.0 cm³/mol. The molecule has 0 spiro atoms. The Morgan fingerprint density at radius 1 is 1.40 bits per heavy atom. The molecule has 8 heteroatoms. The standard InChI is InChI=1S/C17H20BrFN2O4/c1-17(2,3)25-13(22)7-6-12(15(20)23)21-8-10-9(16(21)24)4-5-11(18)14(10)19/h4-5,12H,6-8H2,1-3H3,(H2,20,23)/t12-/m1/s1. The molecule has 0 saturated heterocycles. The van der Waals surface area contributed by atoms with Crippen LogP contribution in [0.15, 0.2) is 16.6 Å². The number of ether oxygens (including phenoxy) is 1. The van der Waals surface area contributed by atoms with E-state index in [1.807, 2.05) is 0 Å². The molecule has 0 bridgehead atoms. The lowest BCUT2D eigenvalue weighted by Crippen LogP contribution is -2.45. The Labute approximate surface area is 153 Å². The van der Waals surface area contributed by atoms with E-state index in [0.29, 0.717) is 0 Å². The molecule has 1 atom stereocenters. The number of carbonyl (C=O) groups is 3. The van der Waals surface area contributed by atoms with Gasteiger partial charge in [0.1, 0.15) is 17.5 Å². The quantitative estimate of drug-likeness (QED) is 0.749. The first-order valence-corrected chi connectivity index (χ1v) is 8.59. The van der Waals surface area contributed by atoms with Gasteiger partial charge in [-0.05, 0) is 55.3 Å². The summed E-state index contributed by atoms with van der Waals surface area (Å²) in [5.74, 6) is -2.25. The Kier molecular flexibility index (Phi) is 5.51. The fourth-order valence-electron chi connectivity index (χ4n) is 2.69. The van der Waals surface area contributed by atoms with Gasteiger partial charge < -0.3 is 15.4 Å². The van der Waals surface area contributed by atoms with Gasteiger partial charge in [0.2, 0.25) is 5.91 Å². The minimum atomic E-state index is -1.01. The Morgan fingerprint density at radius 2 is 2.04 bits per heavy atom. The van der Waals surface area contributed by atoms with Crippen LogP contribution in [0, 0.1) is 5.82 Å². The lowest BCUT2D eigenvalue weighted by molar-refractivity contribution is -0.155. The smallest absolute Gasteiger partial charge is 0.306 e. The zero-order valence-electron chi connectivity index (χ0n) is 14.3. The summed E-state index contributed by atoms with van der Waals surface area (Å²) >= 11 is 3.07. The van der Waals surface area contributed by atoms with Crippen LogP contribution >= 0.6 is 15.9 Å². The summed E-state index contributed by atoms with van der Waals surface area (Å²) in [6, 6.07) is 1.93. The van der Waals surface area contributed by atoms with E-state index in [1.54, 1.807) is 20.8 Å². The summed E-state index contributed by atoms with van der Waals surface area (Å²) in [6.45, 7) is 5.13. The third-order valence-electron chi connectivity index (χ3n) is 3.76. The summed E-state index contributed by atoms with van der Waals surface area (Å²) in [7, 11) is 0. The number of esters is 1. The van der Waals surface area contributed by atoms with Crippen LogP contribution in [0.3, 0.4) is 0 Å². The molecule has 2 rings (SSSR count). The first-order valence-electron chi connectivity index (χ1n) is 7.80. The Balaban J connectivity index is 2.14. The molecule has 0 radical (unpaired) electrons. The lowest BCUT2D eigenvalue weighted by Gasteiger charge is -2.25. The molecule has 136 valence electrons. The van der Waals surface area contributed by atoms with Crippen molar-refractivity contribution in [3.8, 4) is 0 Å². The highest BCUT2D eigenvalue weighted by molar-refractivity contribution is 9.10. The second-order valence-electron chi connectivity index (χ2n) is 6.86. The van der Waals surface area contributed by atoms with Crippen molar-refractivity contribution in [2.45, 2.75) is 51.8 Å². The van der Waals surface area contributed by atoms with Gasteiger partial charge >= 0.3 is 5.97 Å². The van der Waals surface area contributed by atoms with Crippen molar-refractivity contribution in [2.24, 2.45) is 5.73 Å². The molecule has 1 aromatic carbocycles. The highest BCUT2D eigenvalue weighted by Crippen LogP contribution is 2.31. The Morgan fingerprint density at radius 3 is 2.60 bits per heavy atom. The van der Waals surface area contributed by atoms with Crippen molar-refractivity contribution in [1.29, 1.82) is 0 Å². The molecule has 0 saturated carbocycles. The zero-order valence-corrected chi connectivity index (χ0v) is 15.9. The molecule has 1 aromatic rings. The molecule has 2 amide bonds. The van der Waals surface area contributed by atoms with Crippen molar-refractivity contribution >= 4 is 33.7 Å². The number of hydrogen-bond acceptors (Lipinski definition) is 4. The maximum atomic E-state index is 14.2. The monoisotopic (exact) mass is 414 g/mol. The molecule has 0 fully saturated rings. The number of halogens is 2. The average Bonchev–Trinajstić information content (AvgIpc) is 2.79. The van der Waals surface area contributed by atoms with E-state index >= 15 is 0 Å². The van der Waals surface area contributed by atoms with Gasteiger partial charge in [-0.3, -0.25) is 14.4 Å². The fourth-order valence-corrected chi connectivity index (χ4v) is 3.07. The maximum absolute atomic E-state index is 14.2. The number of primary amides is 1. The molecule has 0 aliphatic carbocycles. The van der Waals surface area contributed by atoms with Gasteiger partial charge in [0.25, 0.3) is 5.91 Å². The second kappa shape index (κ2) is 7.11. The summed E-state index contributed by atoms with van der Waals surface area (Å²) < 4.78 is 19.6. The van der Waals surface area contributed by atoms with E-state index in [-0.39, 0.29) is 35.0 Å². The number of fused-ring (bicyclic) bond motifs is 1. The minimum absolute atomic E-state index is 0.0206. The summed E-state index contributed by atoms with van der Waals surface area (Å²) in [5, 5.41) is 0. The van der Waals surface area contributed by atoms with Crippen LogP contribution in [0.1, 0.15) is 49.5 Å². The number of nitrogens with two attached hydrogens (primary N) is 1. The normalized spacial score (nSPS) is 15.1. The minimum Gasteiger partial charge on any atom is -0.460 e. The molecule has 2 N–H and O–H groups in total. The van der Waals surface area contributed by atoms with Crippen molar-refractivity contribution in [3.63, 3.8) is 0 Å². The van der Waals surface area contributed by atoms with Gasteiger partial charge in [0.15, 0.2) is 0 Å². The van der Waals surface area contributed by atoms with Gasteiger partial charge in [-0.15, -0.1) is 0 Å². The van der Waals surface area contributed by atoms with E-state index in [2.05, 4.69) is 15.9 Å². The first-order chi connectivity index (χ1) is 11.5. The van der Waals surface area contributed by atoms with Crippen LogP contribution < -0.4 is 5.73 Å². The molecule has 6 nitrogen and oxygen atoms in total. The van der Waals surface area contributed by atoms with Crippen molar-refractivity contribution in [3.05, 3.63) is 33.5 Å². The number of carbonyl (C=O) groups excluding carboxylic acids is 3. The van der Waals surface area contributed by atoms with E-state index in [9.17, 15) is 18.8 Å². The van der Waals surface area contributed by atoms with E-state index < -0.39 is 35.2 Å². The average molecular weight is 415 g/mol. The van der Waals surface area contributed by atoms with Gasteiger partial charge in [-0.2, -0.15) is 0 Å². The first kappa shape index (κ1) is 19.4. The van der Waals surface area contributed by atoms with Crippen molar-refractivity contribution in [2.75, 3.05) is 0 Å². The van der Waals surface area contributed by atoms with Crippen LogP contribution in [0.2, 0.25) is 0 Å². The van der Waals surface area contributed by atoms with Gasteiger partial charge in [0, 0.05) is 17.5 Å². The third-order valence-corrected chi connectivity index (χ3v) is 4.37. The zero-order chi connectivity index (χ0) is 18.9. The number of benzene rings is 1. The summed E-state index contributed by atoms with van der Waals surface area (Å²) in [6.07, 6.45) is -0.0516. The highest BCUT2D eigenvalue weighted by Gasteiger charge is 2.37. The van der Waals surface area contributed by atoms with E-state index in [0.717, 1.165) is 0 Å². The molecule has 0 unspecified atom stereocenters. The Hall–Kier alpha value is -1.96. The number of nitrogens with zero attached hydrogens (tertiary/aromatic N) is 1. The van der Waals surface area contributed by atoms with Crippen molar-refractivity contribution in [1.82, 2.24) is 4.90 Å². The van der Waals surface area contributed by atoms with Gasteiger partial charge in [0.05, 0.1) is 11.0 Å². The topological polar surface area (TPSA) is 89.7 Å². The summed E-state index contributed by atoms with van der Waals surface area (Å²) in [4.78, 5) is 37.4. The number of amides is 2. The largest absolute Gasteiger partial charge is 0.460 e. The second-order valence-corrected chi connectivity index (χ2v) is 7.72. The van der Waals surface area contributed by atoms with Crippen LogP contribution in [-0.4, -0.2) is 34.3 Å². The van der Waals surface area contributed by atoms with Crippen LogP contribution in [0.5, 0.6) is 0 Å². The Bertz CT molecular complexity index is 730. The predicted octanol–water partition coefficient (Wildman–Crippen LogP) is 2.52. The third kappa shape index (κ3) is 4.36.